The highest BCUT2D eigenvalue weighted by Gasteiger charge is 2.28. The summed E-state index contributed by atoms with van der Waals surface area (Å²) >= 11 is 6.93. The molecule has 0 saturated carbocycles. The largest absolute Gasteiger partial charge is 0.451 e. The van der Waals surface area contributed by atoms with Gasteiger partial charge in [-0.2, -0.15) is 0 Å². The Labute approximate surface area is 169 Å². The monoisotopic (exact) mass is 483 g/mol. The van der Waals surface area contributed by atoms with Crippen LogP contribution in [-0.2, 0) is 4.74 Å². The average Bonchev–Trinajstić information content (AvgIpc) is 2.61. The molecular formula is C18H19Br2N3O3. The summed E-state index contributed by atoms with van der Waals surface area (Å²) in [4.78, 5) is 8.77. The summed E-state index contributed by atoms with van der Waals surface area (Å²) in [7, 11) is 0. The lowest BCUT2D eigenvalue weighted by atomic mass is 10.2. The fourth-order valence-electron chi connectivity index (χ4n) is 3.25. The number of pyridine rings is 1. The molecular weight excluding hydrogens is 466 g/mol. The Hall–Kier alpha value is -1.19. The average molecular weight is 485 g/mol. The second kappa shape index (κ2) is 7.82. The van der Waals surface area contributed by atoms with Crippen molar-refractivity contribution in [3.05, 3.63) is 39.4 Å². The lowest BCUT2D eigenvalue weighted by molar-refractivity contribution is 0.0164. The highest BCUT2D eigenvalue weighted by molar-refractivity contribution is 9.10. The molecule has 1 N–H and O–H groups in total. The van der Waals surface area contributed by atoms with E-state index in [1.165, 1.54) is 0 Å². The van der Waals surface area contributed by atoms with Gasteiger partial charge in [0.05, 0.1) is 31.5 Å². The van der Waals surface area contributed by atoms with Gasteiger partial charge in [0.1, 0.15) is 0 Å². The summed E-state index contributed by atoms with van der Waals surface area (Å²) in [5.74, 6) is 2.12. The maximum absolute atomic E-state index is 10.7. The van der Waals surface area contributed by atoms with Gasteiger partial charge in [-0.05, 0) is 34.1 Å². The molecule has 1 saturated heterocycles. The Bertz CT molecular complexity index is 748. The number of rotatable bonds is 4. The summed E-state index contributed by atoms with van der Waals surface area (Å²) in [5, 5.41) is 10.7. The van der Waals surface area contributed by atoms with Gasteiger partial charge < -0.3 is 19.5 Å². The minimum absolute atomic E-state index is 0.441. The van der Waals surface area contributed by atoms with Gasteiger partial charge in [-0.3, -0.25) is 4.90 Å². The van der Waals surface area contributed by atoms with E-state index in [0.29, 0.717) is 24.7 Å². The number of benzene rings is 1. The van der Waals surface area contributed by atoms with Crippen molar-refractivity contribution in [2.75, 3.05) is 44.3 Å². The molecule has 6 nitrogen and oxygen atoms in total. The van der Waals surface area contributed by atoms with Crippen molar-refractivity contribution in [1.82, 2.24) is 9.88 Å². The van der Waals surface area contributed by atoms with Crippen LogP contribution in [0, 0.1) is 0 Å². The van der Waals surface area contributed by atoms with E-state index in [4.69, 9.17) is 9.47 Å². The van der Waals surface area contributed by atoms with E-state index in [1.54, 1.807) is 6.20 Å². The number of fused-ring (bicyclic) bond motifs is 2. The Morgan fingerprint density at radius 2 is 1.85 bits per heavy atom. The van der Waals surface area contributed by atoms with Crippen LogP contribution in [0.2, 0.25) is 0 Å². The first-order valence-corrected chi connectivity index (χ1v) is 10.1. The number of aliphatic hydroxyl groups excluding tert-OH is 1. The highest BCUT2D eigenvalue weighted by Crippen LogP contribution is 2.47. The number of aromatic nitrogens is 1. The van der Waals surface area contributed by atoms with Crippen molar-refractivity contribution >= 4 is 43.4 Å². The zero-order valence-electron chi connectivity index (χ0n) is 14.1. The van der Waals surface area contributed by atoms with E-state index in [0.717, 1.165) is 46.7 Å². The zero-order chi connectivity index (χ0) is 18.1. The van der Waals surface area contributed by atoms with Crippen molar-refractivity contribution in [3.8, 4) is 11.5 Å². The number of nitrogens with zero attached hydrogens (tertiary/aromatic N) is 3. The SMILES string of the molecule is OC(CN1CCOCC1)CN1c2ccc(Br)cc2Oc2cc(Br)cnc21. The lowest BCUT2D eigenvalue weighted by Gasteiger charge is -2.35. The number of hydrogen-bond acceptors (Lipinski definition) is 6. The molecule has 2 aliphatic rings. The molecule has 0 radical (unpaired) electrons. The molecule has 1 atom stereocenters. The second-order valence-electron chi connectivity index (χ2n) is 6.37. The van der Waals surface area contributed by atoms with Gasteiger partial charge in [0.2, 0.25) is 0 Å². The molecule has 2 aliphatic heterocycles. The quantitative estimate of drug-likeness (QED) is 0.716. The van der Waals surface area contributed by atoms with Crippen LogP contribution in [0.1, 0.15) is 0 Å². The van der Waals surface area contributed by atoms with E-state index < -0.39 is 6.10 Å². The van der Waals surface area contributed by atoms with Gasteiger partial charge >= 0.3 is 0 Å². The van der Waals surface area contributed by atoms with Crippen LogP contribution >= 0.6 is 31.9 Å². The number of morpholine rings is 1. The van der Waals surface area contributed by atoms with E-state index in [9.17, 15) is 5.11 Å². The van der Waals surface area contributed by atoms with Crippen LogP contribution in [0.4, 0.5) is 11.5 Å². The summed E-state index contributed by atoms with van der Waals surface area (Å²) in [6.45, 7) is 4.20. The molecule has 0 bridgehead atoms. The molecule has 26 heavy (non-hydrogen) atoms. The predicted octanol–water partition coefficient (Wildman–Crippen LogP) is 3.54. The molecule has 4 rings (SSSR count). The molecule has 0 amide bonds. The van der Waals surface area contributed by atoms with E-state index in [2.05, 4.69) is 41.7 Å². The Kier molecular flexibility index (Phi) is 5.47. The molecule has 3 heterocycles. The number of halogens is 2. The van der Waals surface area contributed by atoms with Crippen LogP contribution in [0.15, 0.2) is 39.4 Å². The fraction of sp³-hybridized carbons (Fsp3) is 0.389. The summed E-state index contributed by atoms with van der Waals surface area (Å²) in [6, 6.07) is 7.77. The van der Waals surface area contributed by atoms with Gasteiger partial charge in [0, 0.05) is 40.8 Å². The third-order valence-corrected chi connectivity index (χ3v) is 5.38. The van der Waals surface area contributed by atoms with Gasteiger partial charge in [-0.15, -0.1) is 0 Å². The molecule has 0 spiro atoms. The van der Waals surface area contributed by atoms with E-state index in [1.807, 2.05) is 29.2 Å². The minimum atomic E-state index is -0.513. The van der Waals surface area contributed by atoms with Gasteiger partial charge in [-0.25, -0.2) is 4.98 Å². The molecule has 8 heteroatoms. The fourth-order valence-corrected chi connectivity index (χ4v) is 3.90. The van der Waals surface area contributed by atoms with Crippen molar-refractivity contribution in [2.45, 2.75) is 6.10 Å². The van der Waals surface area contributed by atoms with Gasteiger partial charge in [0.25, 0.3) is 0 Å². The number of ether oxygens (including phenoxy) is 2. The van der Waals surface area contributed by atoms with Crippen molar-refractivity contribution in [2.24, 2.45) is 0 Å². The van der Waals surface area contributed by atoms with Crippen LogP contribution in [-0.4, -0.2) is 60.5 Å². The van der Waals surface area contributed by atoms with E-state index in [-0.39, 0.29) is 0 Å². The van der Waals surface area contributed by atoms with Crippen molar-refractivity contribution < 1.29 is 14.6 Å². The molecule has 1 aromatic carbocycles. The maximum atomic E-state index is 10.7. The standard InChI is InChI=1S/C18H19Br2N3O3/c19-12-1-2-15-16(7-12)26-17-8-13(20)9-21-18(17)23(15)11-14(24)10-22-3-5-25-6-4-22/h1-2,7-9,14,24H,3-6,10-11H2. The third kappa shape index (κ3) is 3.89. The molecule has 2 aromatic rings. The molecule has 138 valence electrons. The normalized spacial score (nSPS) is 18.0. The number of aliphatic hydroxyl groups is 1. The third-order valence-electron chi connectivity index (χ3n) is 4.45. The van der Waals surface area contributed by atoms with Crippen molar-refractivity contribution in [1.29, 1.82) is 0 Å². The van der Waals surface area contributed by atoms with Crippen molar-refractivity contribution in [3.63, 3.8) is 0 Å². The van der Waals surface area contributed by atoms with E-state index >= 15 is 0 Å². The smallest absolute Gasteiger partial charge is 0.176 e. The molecule has 0 aliphatic carbocycles. The Morgan fingerprint density at radius 1 is 1.08 bits per heavy atom. The number of hydrogen-bond donors (Lipinski definition) is 1. The molecule has 1 fully saturated rings. The minimum Gasteiger partial charge on any atom is -0.451 e. The van der Waals surface area contributed by atoms with Gasteiger partial charge in [0.15, 0.2) is 17.3 Å². The lowest BCUT2D eigenvalue weighted by Crippen LogP contribution is -2.44. The zero-order valence-corrected chi connectivity index (χ0v) is 17.2. The second-order valence-corrected chi connectivity index (χ2v) is 8.20. The molecule has 1 aromatic heterocycles. The Morgan fingerprint density at radius 3 is 2.65 bits per heavy atom. The van der Waals surface area contributed by atoms with Crippen LogP contribution < -0.4 is 9.64 Å². The maximum Gasteiger partial charge on any atom is 0.176 e. The number of β-amino-alcohol motifs (C(OH)–C–C–N with tert-alkyl or cyclic N) is 1. The van der Waals surface area contributed by atoms with Crippen LogP contribution in [0.3, 0.4) is 0 Å². The summed E-state index contributed by atoms with van der Waals surface area (Å²) < 4.78 is 13.2. The first-order chi connectivity index (χ1) is 12.6. The first kappa shape index (κ1) is 18.2. The summed E-state index contributed by atoms with van der Waals surface area (Å²) in [5.41, 5.74) is 0.900. The van der Waals surface area contributed by atoms with Crippen LogP contribution in [0.25, 0.3) is 0 Å². The number of anilines is 2. The topological polar surface area (TPSA) is 58.1 Å². The summed E-state index contributed by atoms with van der Waals surface area (Å²) in [6.07, 6.45) is 1.23. The van der Waals surface area contributed by atoms with Crippen LogP contribution in [0.5, 0.6) is 11.5 Å². The molecule has 1 unspecified atom stereocenters. The highest BCUT2D eigenvalue weighted by atomic mass is 79.9. The predicted molar refractivity (Wildman–Crippen MR) is 106 cm³/mol. The first-order valence-electron chi connectivity index (χ1n) is 8.49. The van der Waals surface area contributed by atoms with Gasteiger partial charge in [-0.1, -0.05) is 15.9 Å². The Balaban J connectivity index is 1.60.